The molecule has 0 N–H and O–H groups in total. The molecule has 0 saturated carbocycles. The normalized spacial score (nSPS) is 17.1. The van der Waals surface area contributed by atoms with Gasteiger partial charge in [-0.3, -0.25) is 14.5 Å². The van der Waals surface area contributed by atoms with Gasteiger partial charge in [-0.05, 0) is 55.0 Å². The van der Waals surface area contributed by atoms with Crippen LogP contribution in [0.2, 0.25) is 0 Å². The molecule has 0 radical (unpaired) electrons. The Morgan fingerprint density at radius 2 is 1.86 bits per heavy atom. The lowest BCUT2D eigenvalue weighted by molar-refractivity contribution is -0.137. The number of morpholine rings is 1. The SMILES string of the molecule is CCOc1ccc(N2C(=O)/C(=C/c3ccc(OCC(=O)N4CCOCC4)c(OC)c3)SC2=S)cc1. The first-order valence-electron chi connectivity index (χ1n) is 11.2. The van der Waals surface area contributed by atoms with Crippen LogP contribution in [-0.2, 0) is 14.3 Å². The summed E-state index contributed by atoms with van der Waals surface area (Å²) in [5.41, 5.74) is 1.44. The largest absolute Gasteiger partial charge is 0.494 e. The fraction of sp³-hybridized carbons (Fsp3) is 0.320. The number of amides is 2. The van der Waals surface area contributed by atoms with Gasteiger partial charge in [0.05, 0.1) is 37.5 Å². The molecule has 0 spiro atoms. The number of carbonyl (C=O) groups is 2. The predicted molar refractivity (Wildman–Crippen MR) is 139 cm³/mol. The monoisotopic (exact) mass is 514 g/mol. The van der Waals surface area contributed by atoms with Crippen LogP contribution in [0.15, 0.2) is 47.4 Å². The van der Waals surface area contributed by atoms with Gasteiger partial charge in [0.25, 0.3) is 11.8 Å². The van der Waals surface area contributed by atoms with Gasteiger partial charge in [-0.1, -0.05) is 30.0 Å². The molecule has 35 heavy (non-hydrogen) atoms. The third-order valence-electron chi connectivity index (χ3n) is 5.40. The molecule has 2 aliphatic rings. The maximum atomic E-state index is 13.1. The van der Waals surface area contributed by atoms with Crippen molar-refractivity contribution in [1.82, 2.24) is 4.90 Å². The van der Waals surface area contributed by atoms with Crippen molar-refractivity contribution in [2.75, 3.05) is 51.5 Å². The Hall–Kier alpha value is -3.08. The second kappa shape index (κ2) is 11.6. The van der Waals surface area contributed by atoms with Crippen molar-refractivity contribution in [1.29, 1.82) is 0 Å². The number of anilines is 1. The van der Waals surface area contributed by atoms with Gasteiger partial charge in [0.2, 0.25) is 0 Å². The summed E-state index contributed by atoms with van der Waals surface area (Å²) < 4.78 is 22.4. The standard InChI is InChI=1S/C25H26N2O6S2/c1-3-32-19-7-5-18(6-8-19)27-24(29)22(35-25(27)34)15-17-4-9-20(21(14-17)30-2)33-16-23(28)26-10-12-31-13-11-26/h4-9,14-15H,3,10-13,16H2,1-2H3/b22-15-. The van der Waals surface area contributed by atoms with E-state index in [0.29, 0.717) is 59.3 Å². The van der Waals surface area contributed by atoms with Gasteiger partial charge in [-0.25, -0.2) is 0 Å². The maximum Gasteiger partial charge on any atom is 0.270 e. The van der Waals surface area contributed by atoms with Crippen molar-refractivity contribution < 1.29 is 28.5 Å². The molecule has 10 heteroatoms. The van der Waals surface area contributed by atoms with E-state index in [4.69, 9.17) is 31.2 Å². The highest BCUT2D eigenvalue weighted by molar-refractivity contribution is 8.27. The Morgan fingerprint density at radius 1 is 1.11 bits per heavy atom. The number of ether oxygens (including phenoxy) is 4. The molecule has 2 aromatic rings. The van der Waals surface area contributed by atoms with Crippen LogP contribution in [0, 0.1) is 0 Å². The van der Waals surface area contributed by atoms with Crippen LogP contribution in [0.5, 0.6) is 17.2 Å². The molecular formula is C25H26N2O6S2. The number of nitrogens with zero attached hydrogens (tertiary/aromatic N) is 2. The number of thioether (sulfide) groups is 1. The van der Waals surface area contributed by atoms with Gasteiger partial charge >= 0.3 is 0 Å². The molecule has 2 amide bonds. The second-order valence-electron chi connectivity index (χ2n) is 7.64. The molecular weight excluding hydrogens is 488 g/mol. The summed E-state index contributed by atoms with van der Waals surface area (Å²) in [5.74, 6) is 1.36. The number of thiocarbonyl (C=S) groups is 1. The Bertz CT molecular complexity index is 1130. The van der Waals surface area contributed by atoms with Crippen molar-refractivity contribution in [3.8, 4) is 17.2 Å². The first kappa shape index (κ1) is 25.0. The molecule has 2 heterocycles. The fourth-order valence-corrected chi connectivity index (χ4v) is 4.94. The first-order valence-corrected chi connectivity index (χ1v) is 12.4. The molecule has 0 aromatic heterocycles. The summed E-state index contributed by atoms with van der Waals surface area (Å²) >= 11 is 6.71. The van der Waals surface area contributed by atoms with E-state index in [2.05, 4.69) is 0 Å². The molecule has 0 bridgehead atoms. The Balaban J connectivity index is 1.45. The Morgan fingerprint density at radius 3 is 2.54 bits per heavy atom. The zero-order chi connectivity index (χ0) is 24.8. The number of benzene rings is 2. The van der Waals surface area contributed by atoms with Crippen LogP contribution in [0.1, 0.15) is 12.5 Å². The Labute approximate surface area is 213 Å². The van der Waals surface area contributed by atoms with Crippen molar-refractivity contribution >= 4 is 51.9 Å². The van der Waals surface area contributed by atoms with Crippen molar-refractivity contribution in [3.63, 3.8) is 0 Å². The van der Waals surface area contributed by atoms with Gasteiger partial charge in [0, 0.05) is 13.1 Å². The first-order chi connectivity index (χ1) is 17.0. The van der Waals surface area contributed by atoms with Gasteiger partial charge in [0.15, 0.2) is 22.4 Å². The summed E-state index contributed by atoms with van der Waals surface area (Å²) in [4.78, 5) is 29.2. The van der Waals surface area contributed by atoms with E-state index < -0.39 is 0 Å². The summed E-state index contributed by atoms with van der Waals surface area (Å²) in [6.07, 6.45) is 1.76. The van der Waals surface area contributed by atoms with Crippen molar-refractivity contribution in [2.45, 2.75) is 6.92 Å². The zero-order valence-corrected chi connectivity index (χ0v) is 21.2. The van der Waals surface area contributed by atoms with E-state index in [-0.39, 0.29) is 18.4 Å². The average molecular weight is 515 g/mol. The smallest absolute Gasteiger partial charge is 0.270 e. The van der Waals surface area contributed by atoms with Gasteiger partial charge in [-0.2, -0.15) is 0 Å². The fourth-order valence-electron chi connectivity index (χ4n) is 3.64. The zero-order valence-electron chi connectivity index (χ0n) is 19.5. The van der Waals surface area contributed by atoms with Crippen LogP contribution in [-0.4, -0.2) is 67.7 Å². The molecule has 0 unspecified atom stereocenters. The summed E-state index contributed by atoms with van der Waals surface area (Å²) in [7, 11) is 1.53. The third-order valence-corrected chi connectivity index (χ3v) is 6.70. The summed E-state index contributed by atoms with van der Waals surface area (Å²) in [6, 6.07) is 12.5. The second-order valence-corrected chi connectivity index (χ2v) is 9.31. The molecule has 4 rings (SSSR count). The lowest BCUT2D eigenvalue weighted by atomic mass is 10.1. The van der Waals surface area contributed by atoms with Gasteiger partial charge in [0.1, 0.15) is 5.75 Å². The topological polar surface area (TPSA) is 77.5 Å². The average Bonchev–Trinajstić information content (AvgIpc) is 3.16. The van der Waals surface area contributed by atoms with E-state index in [1.807, 2.05) is 31.2 Å². The molecule has 184 valence electrons. The van der Waals surface area contributed by atoms with Crippen molar-refractivity contribution in [2.24, 2.45) is 0 Å². The maximum absolute atomic E-state index is 13.1. The van der Waals surface area contributed by atoms with Crippen LogP contribution in [0.3, 0.4) is 0 Å². The molecule has 0 aliphatic carbocycles. The summed E-state index contributed by atoms with van der Waals surface area (Å²) in [6.45, 7) is 4.60. The molecule has 8 nitrogen and oxygen atoms in total. The number of rotatable bonds is 8. The number of hydrogen-bond acceptors (Lipinski definition) is 8. The minimum Gasteiger partial charge on any atom is -0.494 e. The van der Waals surface area contributed by atoms with Crippen LogP contribution >= 0.6 is 24.0 Å². The van der Waals surface area contributed by atoms with Crippen LogP contribution in [0.4, 0.5) is 5.69 Å². The highest BCUT2D eigenvalue weighted by Crippen LogP contribution is 2.37. The van der Waals surface area contributed by atoms with E-state index in [9.17, 15) is 9.59 Å². The lowest BCUT2D eigenvalue weighted by Gasteiger charge is -2.26. The summed E-state index contributed by atoms with van der Waals surface area (Å²) in [5, 5.41) is 0. The minimum absolute atomic E-state index is 0.0869. The van der Waals surface area contributed by atoms with E-state index in [1.165, 1.54) is 23.8 Å². The lowest BCUT2D eigenvalue weighted by Crippen LogP contribution is -2.43. The number of carbonyl (C=O) groups excluding carboxylic acids is 2. The molecule has 0 atom stereocenters. The highest BCUT2D eigenvalue weighted by atomic mass is 32.2. The van der Waals surface area contributed by atoms with Crippen LogP contribution < -0.4 is 19.1 Å². The van der Waals surface area contributed by atoms with Crippen molar-refractivity contribution in [3.05, 3.63) is 52.9 Å². The van der Waals surface area contributed by atoms with E-state index >= 15 is 0 Å². The molecule has 2 fully saturated rings. The third kappa shape index (κ3) is 5.95. The number of hydrogen-bond donors (Lipinski definition) is 0. The molecule has 2 aromatic carbocycles. The highest BCUT2D eigenvalue weighted by Gasteiger charge is 2.33. The van der Waals surface area contributed by atoms with Gasteiger partial charge in [-0.15, -0.1) is 0 Å². The van der Waals surface area contributed by atoms with Crippen LogP contribution in [0.25, 0.3) is 6.08 Å². The van der Waals surface area contributed by atoms with Gasteiger partial charge < -0.3 is 23.8 Å². The quantitative estimate of drug-likeness (QED) is 0.390. The minimum atomic E-state index is -0.195. The molecule has 2 aliphatic heterocycles. The predicted octanol–water partition coefficient (Wildman–Crippen LogP) is 3.74. The molecule has 2 saturated heterocycles. The van der Waals surface area contributed by atoms with E-state index in [1.54, 1.807) is 29.2 Å². The number of methoxy groups -OCH3 is 1. The van der Waals surface area contributed by atoms with E-state index in [0.717, 1.165) is 11.3 Å². The Kier molecular flexibility index (Phi) is 8.27.